The minimum Gasteiger partial charge on any atom is -0.489 e. The number of benzene rings is 3. The molecule has 1 aliphatic rings. The highest BCUT2D eigenvalue weighted by molar-refractivity contribution is 9.10. The Kier molecular flexibility index (Phi) is 6.99. The van der Waals surface area contributed by atoms with Crippen molar-refractivity contribution in [3.8, 4) is 5.75 Å². The van der Waals surface area contributed by atoms with Gasteiger partial charge in [-0.25, -0.2) is 4.39 Å². The van der Waals surface area contributed by atoms with Crippen molar-refractivity contribution in [1.29, 1.82) is 0 Å². The first-order valence-electron chi connectivity index (χ1n) is 10.3. The number of hydrogen-bond acceptors (Lipinski definition) is 3. The van der Waals surface area contributed by atoms with E-state index in [0.29, 0.717) is 37.4 Å². The molecule has 1 heterocycles. The summed E-state index contributed by atoms with van der Waals surface area (Å²) in [6.07, 6.45) is 0. The van der Waals surface area contributed by atoms with Crippen LogP contribution in [0.2, 0.25) is 0 Å². The molecular weight excluding hydrogens is 459 g/mol. The van der Waals surface area contributed by atoms with Crippen molar-refractivity contribution >= 4 is 21.8 Å². The molecule has 160 valence electrons. The van der Waals surface area contributed by atoms with E-state index in [2.05, 4.69) is 20.8 Å². The minimum absolute atomic E-state index is 0.0241. The van der Waals surface area contributed by atoms with Crippen molar-refractivity contribution in [2.75, 3.05) is 26.2 Å². The Hall–Kier alpha value is -2.70. The highest BCUT2D eigenvalue weighted by Gasteiger charge is 2.22. The number of halogens is 2. The van der Waals surface area contributed by atoms with Gasteiger partial charge in [0.25, 0.3) is 5.91 Å². The van der Waals surface area contributed by atoms with E-state index in [9.17, 15) is 9.18 Å². The molecule has 0 radical (unpaired) electrons. The summed E-state index contributed by atoms with van der Waals surface area (Å²) >= 11 is 3.41. The fraction of sp³-hybridized carbons (Fsp3) is 0.240. The van der Waals surface area contributed by atoms with Gasteiger partial charge in [-0.2, -0.15) is 0 Å². The second kappa shape index (κ2) is 10.1. The topological polar surface area (TPSA) is 32.8 Å². The fourth-order valence-corrected chi connectivity index (χ4v) is 3.92. The zero-order valence-electron chi connectivity index (χ0n) is 17.1. The summed E-state index contributed by atoms with van der Waals surface area (Å²) in [4.78, 5) is 17.0. The quantitative estimate of drug-likeness (QED) is 0.488. The number of piperazine rings is 1. The zero-order chi connectivity index (χ0) is 21.6. The van der Waals surface area contributed by atoms with Crippen LogP contribution in [0.15, 0.2) is 77.3 Å². The van der Waals surface area contributed by atoms with Crippen LogP contribution in [0.3, 0.4) is 0 Å². The van der Waals surface area contributed by atoms with Crippen LogP contribution in [0.25, 0.3) is 0 Å². The summed E-state index contributed by atoms with van der Waals surface area (Å²) < 4.78 is 20.7. The predicted octanol–water partition coefficient (Wildman–Crippen LogP) is 5.13. The third kappa shape index (κ3) is 5.71. The van der Waals surface area contributed by atoms with Gasteiger partial charge in [0.1, 0.15) is 18.2 Å². The molecule has 6 heteroatoms. The maximum atomic E-state index is 13.9. The van der Waals surface area contributed by atoms with Gasteiger partial charge in [0, 0.05) is 48.3 Å². The number of ether oxygens (including phenoxy) is 1. The lowest BCUT2D eigenvalue weighted by molar-refractivity contribution is 0.0627. The van der Waals surface area contributed by atoms with E-state index in [4.69, 9.17) is 4.74 Å². The van der Waals surface area contributed by atoms with Crippen LogP contribution < -0.4 is 4.74 Å². The number of hydrogen-bond donors (Lipinski definition) is 0. The van der Waals surface area contributed by atoms with E-state index in [0.717, 1.165) is 28.9 Å². The Morgan fingerprint density at radius 1 is 0.935 bits per heavy atom. The molecule has 0 atom stereocenters. The van der Waals surface area contributed by atoms with E-state index in [1.165, 1.54) is 6.07 Å². The van der Waals surface area contributed by atoms with Crippen LogP contribution in [0.4, 0.5) is 4.39 Å². The molecule has 1 fully saturated rings. The smallest absolute Gasteiger partial charge is 0.253 e. The van der Waals surface area contributed by atoms with E-state index in [1.54, 1.807) is 6.07 Å². The van der Waals surface area contributed by atoms with Crippen LogP contribution in [-0.4, -0.2) is 41.9 Å². The molecule has 0 N–H and O–H groups in total. The summed E-state index contributed by atoms with van der Waals surface area (Å²) in [6.45, 7) is 3.69. The van der Waals surface area contributed by atoms with E-state index in [-0.39, 0.29) is 11.7 Å². The zero-order valence-corrected chi connectivity index (χ0v) is 18.7. The second-order valence-electron chi connectivity index (χ2n) is 7.60. The first kappa shape index (κ1) is 21.5. The lowest BCUT2D eigenvalue weighted by Crippen LogP contribution is -2.48. The van der Waals surface area contributed by atoms with Crippen molar-refractivity contribution in [3.05, 3.63) is 99.8 Å². The highest BCUT2D eigenvalue weighted by Crippen LogP contribution is 2.19. The van der Waals surface area contributed by atoms with Gasteiger partial charge in [-0.3, -0.25) is 9.69 Å². The van der Waals surface area contributed by atoms with Crippen LogP contribution >= 0.6 is 15.9 Å². The molecule has 0 spiro atoms. The molecule has 1 amide bonds. The summed E-state index contributed by atoms with van der Waals surface area (Å²) in [5.41, 5.74) is 2.31. The molecule has 3 aromatic carbocycles. The second-order valence-corrected chi connectivity index (χ2v) is 8.52. The van der Waals surface area contributed by atoms with Crippen molar-refractivity contribution in [2.45, 2.75) is 13.2 Å². The predicted molar refractivity (Wildman–Crippen MR) is 122 cm³/mol. The lowest BCUT2D eigenvalue weighted by atomic mass is 10.1. The Morgan fingerprint density at radius 3 is 2.42 bits per heavy atom. The van der Waals surface area contributed by atoms with Gasteiger partial charge in [0.2, 0.25) is 0 Å². The van der Waals surface area contributed by atoms with Crippen molar-refractivity contribution in [1.82, 2.24) is 9.80 Å². The van der Waals surface area contributed by atoms with Gasteiger partial charge in [-0.15, -0.1) is 0 Å². The number of nitrogens with zero attached hydrogens (tertiary/aromatic N) is 2. The number of amides is 1. The van der Waals surface area contributed by atoms with Gasteiger partial charge in [0.15, 0.2) is 0 Å². The van der Waals surface area contributed by atoms with Gasteiger partial charge < -0.3 is 9.64 Å². The Morgan fingerprint density at radius 2 is 1.68 bits per heavy atom. The van der Waals surface area contributed by atoms with Crippen LogP contribution in [0.1, 0.15) is 21.5 Å². The Balaban J connectivity index is 1.32. The van der Waals surface area contributed by atoms with Crippen molar-refractivity contribution in [2.24, 2.45) is 0 Å². The molecule has 1 saturated heterocycles. The molecule has 4 nitrogen and oxygen atoms in total. The summed E-state index contributed by atoms with van der Waals surface area (Å²) in [6, 6.07) is 22.1. The highest BCUT2D eigenvalue weighted by atomic mass is 79.9. The summed E-state index contributed by atoms with van der Waals surface area (Å²) in [7, 11) is 0. The first-order chi connectivity index (χ1) is 15.1. The van der Waals surface area contributed by atoms with Crippen molar-refractivity contribution in [3.63, 3.8) is 0 Å². The first-order valence-corrected chi connectivity index (χ1v) is 11.1. The molecule has 0 saturated carbocycles. The third-order valence-electron chi connectivity index (χ3n) is 5.40. The van der Waals surface area contributed by atoms with Gasteiger partial charge in [-0.05, 0) is 48.0 Å². The molecule has 0 aromatic heterocycles. The van der Waals surface area contributed by atoms with Gasteiger partial charge >= 0.3 is 0 Å². The maximum Gasteiger partial charge on any atom is 0.253 e. The van der Waals surface area contributed by atoms with Crippen LogP contribution in [0, 0.1) is 5.82 Å². The number of carbonyl (C=O) groups is 1. The number of carbonyl (C=O) groups excluding carboxylic acids is 1. The van der Waals surface area contributed by atoms with Gasteiger partial charge in [0.05, 0.1) is 0 Å². The molecule has 0 unspecified atom stereocenters. The largest absolute Gasteiger partial charge is 0.489 e. The molecule has 31 heavy (non-hydrogen) atoms. The minimum atomic E-state index is -0.178. The Labute approximate surface area is 190 Å². The molecular formula is C25H24BrFN2O2. The van der Waals surface area contributed by atoms with Crippen LogP contribution in [-0.2, 0) is 13.2 Å². The van der Waals surface area contributed by atoms with E-state index >= 15 is 0 Å². The number of rotatable bonds is 6. The molecule has 3 aromatic rings. The van der Waals surface area contributed by atoms with E-state index < -0.39 is 0 Å². The van der Waals surface area contributed by atoms with Crippen molar-refractivity contribution < 1.29 is 13.9 Å². The molecule has 0 bridgehead atoms. The summed E-state index contributed by atoms with van der Waals surface area (Å²) in [5.74, 6) is 0.630. The third-order valence-corrected chi connectivity index (χ3v) is 5.93. The van der Waals surface area contributed by atoms with Gasteiger partial charge in [-0.1, -0.05) is 46.3 Å². The summed E-state index contributed by atoms with van der Waals surface area (Å²) in [5, 5.41) is 0. The normalized spacial score (nSPS) is 14.5. The monoisotopic (exact) mass is 482 g/mol. The molecule has 4 rings (SSSR count). The Bertz CT molecular complexity index is 1030. The maximum absolute atomic E-state index is 13.9. The molecule has 0 aliphatic carbocycles. The fourth-order valence-electron chi connectivity index (χ4n) is 3.65. The average Bonchev–Trinajstić information content (AvgIpc) is 2.80. The molecule has 1 aliphatic heterocycles. The van der Waals surface area contributed by atoms with E-state index in [1.807, 2.05) is 65.6 Å². The lowest BCUT2D eigenvalue weighted by Gasteiger charge is -2.35. The average molecular weight is 483 g/mol. The SMILES string of the molecule is O=C(c1cccc(COc2ccc(Br)cc2)c1)N1CCN(Cc2ccccc2F)CC1. The standard InChI is InChI=1S/C25H24BrFN2O2/c26-22-8-10-23(11-9-22)31-18-19-4-3-6-20(16-19)25(30)29-14-12-28(13-15-29)17-21-5-1-2-7-24(21)27/h1-11,16H,12-15,17-18H2. The van der Waals surface area contributed by atoms with Crippen LogP contribution in [0.5, 0.6) is 5.75 Å².